The molecule has 2 aliphatic rings. The molecule has 7 nitrogen and oxygen atoms in total. The SMILES string of the molecule is C=C(/N=C(\C=C/N)/C=C1\NC(=O)NC1=O)N1CCc2ccccc2C1. The number of fused-ring (bicyclic) bond motifs is 1. The van der Waals surface area contributed by atoms with E-state index >= 15 is 0 Å². The maximum atomic E-state index is 11.6. The highest BCUT2D eigenvalue weighted by Gasteiger charge is 2.23. The number of aliphatic imine (C=N–C) groups is 1. The van der Waals surface area contributed by atoms with E-state index in [1.165, 1.54) is 23.4 Å². The third kappa shape index (κ3) is 3.77. The molecule has 4 N–H and O–H groups in total. The zero-order valence-electron chi connectivity index (χ0n) is 13.7. The van der Waals surface area contributed by atoms with Crippen LogP contribution in [-0.2, 0) is 17.8 Å². The number of hydrogen-bond acceptors (Lipinski definition) is 5. The second kappa shape index (κ2) is 7.04. The molecule has 0 aromatic heterocycles. The summed E-state index contributed by atoms with van der Waals surface area (Å²) in [4.78, 5) is 29.4. The van der Waals surface area contributed by atoms with Crippen molar-refractivity contribution in [2.75, 3.05) is 6.54 Å². The molecule has 0 atom stereocenters. The molecule has 1 aromatic carbocycles. The Hall–Kier alpha value is -3.35. The zero-order chi connectivity index (χ0) is 17.8. The average Bonchev–Trinajstić information content (AvgIpc) is 2.91. The highest BCUT2D eigenvalue weighted by Crippen LogP contribution is 2.21. The van der Waals surface area contributed by atoms with Crippen molar-refractivity contribution in [3.63, 3.8) is 0 Å². The molecule has 0 radical (unpaired) electrons. The molecule has 3 rings (SSSR count). The van der Waals surface area contributed by atoms with Gasteiger partial charge in [0.15, 0.2) is 0 Å². The fourth-order valence-electron chi connectivity index (χ4n) is 2.78. The highest BCUT2D eigenvalue weighted by molar-refractivity contribution is 6.16. The van der Waals surface area contributed by atoms with Gasteiger partial charge in [0.05, 0.1) is 5.71 Å². The molecule has 128 valence electrons. The molecule has 0 unspecified atom stereocenters. The number of rotatable bonds is 4. The largest absolute Gasteiger partial charge is 0.405 e. The summed E-state index contributed by atoms with van der Waals surface area (Å²) in [5.41, 5.74) is 8.60. The smallest absolute Gasteiger partial charge is 0.326 e. The lowest BCUT2D eigenvalue weighted by Crippen LogP contribution is -2.29. The van der Waals surface area contributed by atoms with Gasteiger partial charge in [-0.25, -0.2) is 9.79 Å². The standard InChI is InChI=1S/C18H19N5O2/c1-12(23-9-7-13-4-2-3-5-14(13)11-23)20-15(6-8-19)10-16-17(24)22-18(25)21-16/h2-6,8,10H,1,7,9,11,19H2,(H2,21,22,24,25)/b8-6-,16-10-,20-15+. The minimum Gasteiger partial charge on any atom is -0.405 e. The lowest BCUT2D eigenvalue weighted by atomic mass is 10.0. The van der Waals surface area contributed by atoms with E-state index < -0.39 is 11.9 Å². The van der Waals surface area contributed by atoms with E-state index in [2.05, 4.69) is 39.2 Å². The summed E-state index contributed by atoms with van der Waals surface area (Å²) in [5.74, 6) is 0.0739. The first-order valence-corrected chi connectivity index (χ1v) is 7.88. The van der Waals surface area contributed by atoms with Gasteiger partial charge in [0, 0.05) is 13.1 Å². The Morgan fingerprint density at radius 1 is 1.24 bits per heavy atom. The van der Waals surface area contributed by atoms with Crippen molar-refractivity contribution < 1.29 is 9.59 Å². The van der Waals surface area contributed by atoms with Crippen LogP contribution in [0.3, 0.4) is 0 Å². The van der Waals surface area contributed by atoms with Crippen LogP contribution in [0.1, 0.15) is 11.1 Å². The number of carbonyl (C=O) groups excluding carboxylic acids is 2. The monoisotopic (exact) mass is 337 g/mol. The Balaban J connectivity index is 1.79. The first kappa shape index (κ1) is 16.5. The van der Waals surface area contributed by atoms with Crippen molar-refractivity contribution in [1.29, 1.82) is 0 Å². The zero-order valence-corrected chi connectivity index (χ0v) is 13.7. The normalized spacial score (nSPS) is 19.1. The number of allylic oxidation sites excluding steroid dienone is 2. The molecule has 1 fully saturated rings. The summed E-state index contributed by atoms with van der Waals surface area (Å²) < 4.78 is 0. The maximum Gasteiger partial charge on any atom is 0.326 e. The number of nitrogens with zero attached hydrogens (tertiary/aromatic N) is 2. The Morgan fingerprint density at radius 3 is 2.68 bits per heavy atom. The summed E-state index contributed by atoms with van der Waals surface area (Å²) in [7, 11) is 0. The van der Waals surface area contributed by atoms with Crippen molar-refractivity contribution >= 4 is 17.6 Å². The van der Waals surface area contributed by atoms with Crippen LogP contribution in [0.5, 0.6) is 0 Å². The molecule has 25 heavy (non-hydrogen) atoms. The molecular formula is C18H19N5O2. The Bertz CT molecular complexity index is 823. The van der Waals surface area contributed by atoms with Crippen molar-refractivity contribution in [1.82, 2.24) is 15.5 Å². The van der Waals surface area contributed by atoms with Gasteiger partial charge in [-0.15, -0.1) is 0 Å². The van der Waals surface area contributed by atoms with Crippen molar-refractivity contribution in [3.05, 3.63) is 71.8 Å². The molecule has 7 heteroatoms. The van der Waals surface area contributed by atoms with Crippen LogP contribution >= 0.6 is 0 Å². The third-order valence-electron chi connectivity index (χ3n) is 4.03. The van der Waals surface area contributed by atoms with E-state index in [1.54, 1.807) is 6.08 Å². The fraction of sp³-hybridized carbons (Fsp3) is 0.167. The number of imide groups is 1. The maximum absolute atomic E-state index is 11.6. The molecule has 3 amide bonds. The lowest BCUT2D eigenvalue weighted by Gasteiger charge is -2.30. The van der Waals surface area contributed by atoms with Gasteiger partial charge in [0.2, 0.25) is 0 Å². The molecule has 1 aromatic rings. The van der Waals surface area contributed by atoms with Gasteiger partial charge < -0.3 is 16.0 Å². The van der Waals surface area contributed by atoms with Crippen molar-refractivity contribution in [2.24, 2.45) is 10.7 Å². The second-order valence-electron chi connectivity index (χ2n) is 5.72. The number of benzene rings is 1. The molecule has 0 bridgehead atoms. The van der Waals surface area contributed by atoms with E-state index in [0.717, 1.165) is 19.5 Å². The van der Waals surface area contributed by atoms with E-state index in [4.69, 9.17) is 5.73 Å². The molecule has 2 heterocycles. The van der Waals surface area contributed by atoms with Crippen molar-refractivity contribution in [2.45, 2.75) is 13.0 Å². The number of nitrogens with one attached hydrogen (secondary N) is 2. The quantitative estimate of drug-likeness (QED) is 0.436. The summed E-state index contributed by atoms with van der Waals surface area (Å²) in [6.07, 6.45) is 5.26. The van der Waals surface area contributed by atoms with Gasteiger partial charge in [0.1, 0.15) is 11.5 Å². The fourth-order valence-corrected chi connectivity index (χ4v) is 2.78. The predicted molar refractivity (Wildman–Crippen MR) is 95.2 cm³/mol. The Labute approximate surface area is 145 Å². The second-order valence-corrected chi connectivity index (χ2v) is 5.72. The molecule has 0 spiro atoms. The van der Waals surface area contributed by atoms with Gasteiger partial charge in [-0.2, -0.15) is 0 Å². The van der Waals surface area contributed by atoms with Crippen LogP contribution in [0.2, 0.25) is 0 Å². The van der Waals surface area contributed by atoms with Crippen LogP contribution < -0.4 is 16.4 Å². The van der Waals surface area contributed by atoms with Gasteiger partial charge in [-0.1, -0.05) is 30.8 Å². The predicted octanol–water partition coefficient (Wildman–Crippen LogP) is 1.15. The van der Waals surface area contributed by atoms with Crippen LogP contribution in [0.15, 0.2) is 65.7 Å². The highest BCUT2D eigenvalue weighted by atomic mass is 16.2. The van der Waals surface area contributed by atoms with E-state index in [-0.39, 0.29) is 5.70 Å². The number of carbonyl (C=O) groups is 2. The summed E-state index contributed by atoms with van der Waals surface area (Å²) in [6.45, 7) is 5.57. The average molecular weight is 337 g/mol. The van der Waals surface area contributed by atoms with Crippen LogP contribution in [-0.4, -0.2) is 29.1 Å². The number of urea groups is 1. The van der Waals surface area contributed by atoms with E-state index in [0.29, 0.717) is 11.5 Å². The molecule has 2 aliphatic heterocycles. The molecule has 0 aliphatic carbocycles. The van der Waals surface area contributed by atoms with Crippen LogP contribution in [0, 0.1) is 0 Å². The summed E-state index contributed by atoms with van der Waals surface area (Å²) in [6, 6.07) is 7.73. The summed E-state index contributed by atoms with van der Waals surface area (Å²) in [5, 5.41) is 4.56. The topological polar surface area (TPSA) is 99.8 Å². The lowest BCUT2D eigenvalue weighted by molar-refractivity contribution is -0.115. The van der Waals surface area contributed by atoms with Gasteiger partial charge in [-0.3, -0.25) is 10.1 Å². The first-order chi connectivity index (χ1) is 12.1. The molecule has 0 saturated carbocycles. The first-order valence-electron chi connectivity index (χ1n) is 7.88. The van der Waals surface area contributed by atoms with Gasteiger partial charge >= 0.3 is 6.03 Å². The minimum atomic E-state index is -0.557. The molecular weight excluding hydrogens is 318 g/mol. The molecule has 1 saturated heterocycles. The Morgan fingerprint density at radius 2 is 2.00 bits per heavy atom. The number of amides is 3. The van der Waals surface area contributed by atoms with Gasteiger partial charge in [-0.05, 0) is 35.9 Å². The number of hydrogen-bond donors (Lipinski definition) is 3. The third-order valence-corrected chi connectivity index (χ3v) is 4.03. The number of nitrogens with two attached hydrogens (primary N) is 1. The Kier molecular flexibility index (Phi) is 4.65. The van der Waals surface area contributed by atoms with E-state index in [1.807, 2.05) is 12.1 Å². The van der Waals surface area contributed by atoms with E-state index in [9.17, 15) is 9.59 Å². The van der Waals surface area contributed by atoms with Crippen LogP contribution in [0.25, 0.3) is 0 Å². The summed E-state index contributed by atoms with van der Waals surface area (Å²) >= 11 is 0. The van der Waals surface area contributed by atoms with Crippen molar-refractivity contribution in [3.8, 4) is 0 Å². The minimum absolute atomic E-state index is 0.124. The van der Waals surface area contributed by atoms with Gasteiger partial charge in [0.25, 0.3) is 5.91 Å². The van der Waals surface area contributed by atoms with Crippen LogP contribution in [0.4, 0.5) is 4.79 Å².